The molecule has 19 heavy (non-hydrogen) atoms. The van der Waals surface area contributed by atoms with E-state index in [9.17, 15) is 9.18 Å². The lowest BCUT2D eigenvalue weighted by molar-refractivity contribution is 0.0698. The predicted octanol–water partition coefficient (Wildman–Crippen LogP) is 4.57. The quantitative estimate of drug-likeness (QED) is 0.872. The van der Waals surface area contributed by atoms with Crippen LogP contribution in [0.5, 0.6) is 0 Å². The summed E-state index contributed by atoms with van der Waals surface area (Å²) in [6.07, 6.45) is 0. The fourth-order valence-corrected chi connectivity index (χ4v) is 1.88. The normalized spacial score (nSPS) is 10.3. The molecule has 0 aliphatic rings. The van der Waals surface area contributed by atoms with Gasteiger partial charge in [0.05, 0.1) is 22.0 Å². The first-order valence-electron chi connectivity index (χ1n) is 5.22. The van der Waals surface area contributed by atoms with Crippen molar-refractivity contribution in [1.29, 1.82) is 0 Å². The zero-order valence-electron chi connectivity index (χ0n) is 9.45. The Labute approximate surface area is 118 Å². The van der Waals surface area contributed by atoms with E-state index in [2.05, 4.69) is 5.32 Å². The van der Waals surface area contributed by atoms with Crippen molar-refractivity contribution in [2.45, 2.75) is 0 Å². The second-order valence-corrected chi connectivity index (χ2v) is 4.59. The van der Waals surface area contributed by atoms with Gasteiger partial charge in [-0.25, -0.2) is 9.18 Å². The van der Waals surface area contributed by atoms with Gasteiger partial charge in [-0.2, -0.15) is 0 Å². The van der Waals surface area contributed by atoms with Crippen LogP contribution in [0, 0.1) is 5.82 Å². The minimum atomic E-state index is -1.14. The minimum Gasteiger partial charge on any atom is -0.478 e. The number of carboxylic acids is 1. The number of carbonyl (C=O) groups is 1. The van der Waals surface area contributed by atoms with Crippen molar-refractivity contribution in [3.63, 3.8) is 0 Å². The Morgan fingerprint density at radius 2 is 1.84 bits per heavy atom. The number of nitrogens with one attached hydrogen (secondary N) is 1. The van der Waals surface area contributed by atoms with Crippen LogP contribution in [0.3, 0.4) is 0 Å². The first kappa shape index (κ1) is 13.6. The molecule has 0 radical (unpaired) electrons. The van der Waals surface area contributed by atoms with Gasteiger partial charge in [-0.05, 0) is 36.4 Å². The summed E-state index contributed by atoms with van der Waals surface area (Å²) >= 11 is 11.6. The van der Waals surface area contributed by atoms with E-state index in [1.54, 1.807) is 0 Å². The van der Waals surface area contributed by atoms with Crippen LogP contribution in [0.25, 0.3) is 0 Å². The maximum Gasteiger partial charge on any atom is 0.337 e. The van der Waals surface area contributed by atoms with Gasteiger partial charge in [0.15, 0.2) is 0 Å². The molecule has 0 unspecified atom stereocenters. The number of aromatic carboxylic acids is 1. The summed E-state index contributed by atoms with van der Waals surface area (Å²) in [6, 6.07) is 8.11. The van der Waals surface area contributed by atoms with Crippen LogP contribution in [0.15, 0.2) is 36.4 Å². The van der Waals surface area contributed by atoms with Crippen molar-refractivity contribution in [3.05, 3.63) is 57.8 Å². The van der Waals surface area contributed by atoms with Crippen LogP contribution >= 0.6 is 23.2 Å². The Hall–Kier alpha value is -1.78. The Bertz CT molecular complexity index is 647. The molecule has 0 aliphatic carbocycles. The van der Waals surface area contributed by atoms with Crippen LogP contribution in [-0.2, 0) is 0 Å². The third kappa shape index (κ3) is 3.16. The molecule has 0 aliphatic heterocycles. The maximum absolute atomic E-state index is 13.1. The Morgan fingerprint density at radius 1 is 1.11 bits per heavy atom. The summed E-state index contributed by atoms with van der Waals surface area (Å²) in [5.74, 6) is -1.62. The lowest BCUT2D eigenvalue weighted by Gasteiger charge is -2.11. The third-order valence-electron chi connectivity index (χ3n) is 2.41. The smallest absolute Gasteiger partial charge is 0.337 e. The predicted molar refractivity (Wildman–Crippen MR) is 73.1 cm³/mol. The van der Waals surface area contributed by atoms with Gasteiger partial charge in [-0.15, -0.1) is 0 Å². The molecule has 0 atom stereocenters. The molecule has 0 heterocycles. The maximum atomic E-state index is 13.1. The molecule has 2 N–H and O–H groups in total. The van der Waals surface area contributed by atoms with Crippen LogP contribution in [0.4, 0.5) is 15.8 Å². The van der Waals surface area contributed by atoms with E-state index in [0.29, 0.717) is 5.02 Å². The van der Waals surface area contributed by atoms with Gasteiger partial charge in [0, 0.05) is 5.02 Å². The van der Waals surface area contributed by atoms with Gasteiger partial charge in [0.25, 0.3) is 0 Å². The van der Waals surface area contributed by atoms with Gasteiger partial charge in [0.1, 0.15) is 5.82 Å². The Balaban J connectivity index is 2.43. The highest BCUT2D eigenvalue weighted by Gasteiger charge is 2.12. The van der Waals surface area contributed by atoms with Crippen LogP contribution in [0.2, 0.25) is 10.0 Å². The second kappa shape index (κ2) is 5.47. The number of carboxylic acid groups (broad SMARTS) is 1. The first-order valence-corrected chi connectivity index (χ1v) is 5.98. The molecule has 0 fully saturated rings. The molecule has 2 aromatic rings. The molecule has 6 heteroatoms. The van der Waals surface area contributed by atoms with Crippen LogP contribution in [0.1, 0.15) is 10.4 Å². The van der Waals surface area contributed by atoms with E-state index in [1.807, 2.05) is 0 Å². The standard InChI is InChI=1S/C13H8Cl2FNO2/c14-7-1-4-11(9(5-7)13(18)19)17-12-6-8(16)2-3-10(12)15/h1-6,17H,(H,18,19). The van der Waals surface area contributed by atoms with Crippen molar-refractivity contribution in [2.24, 2.45) is 0 Å². The Kier molecular flexibility index (Phi) is 3.93. The lowest BCUT2D eigenvalue weighted by Crippen LogP contribution is -2.03. The summed E-state index contributed by atoms with van der Waals surface area (Å²) in [4.78, 5) is 11.1. The molecule has 0 spiro atoms. The molecule has 3 nitrogen and oxygen atoms in total. The van der Waals surface area contributed by atoms with E-state index in [1.165, 1.54) is 36.4 Å². The van der Waals surface area contributed by atoms with Gasteiger partial charge in [0.2, 0.25) is 0 Å². The minimum absolute atomic E-state index is 0.0205. The van der Waals surface area contributed by atoms with Gasteiger partial charge in [-0.1, -0.05) is 23.2 Å². The third-order valence-corrected chi connectivity index (χ3v) is 2.97. The van der Waals surface area contributed by atoms with Crippen molar-refractivity contribution in [3.8, 4) is 0 Å². The highest BCUT2D eigenvalue weighted by molar-refractivity contribution is 6.33. The number of benzene rings is 2. The van der Waals surface area contributed by atoms with Crippen LogP contribution < -0.4 is 5.32 Å². The molecular weight excluding hydrogens is 292 g/mol. The van der Waals surface area contributed by atoms with E-state index >= 15 is 0 Å². The summed E-state index contributed by atoms with van der Waals surface area (Å²) < 4.78 is 13.1. The molecule has 0 amide bonds. The van der Waals surface area contributed by atoms with Crippen molar-refractivity contribution in [1.82, 2.24) is 0 Å². The molecular formula is C13H8Cl2FNO2. The molecule has 0 saturated carbocycles. The second-order valence-electron chi connectivity index (χ2n) is 3.74. The van der Waals surface area contributed by atoms with Crippen molar-refractivity contribution >= 4 is 40.5 Å². The first-order chi connectivity index (χ1) is 8.97. The van der Waals surface area contributed by atoms with Gasteiger partial charge >= 0.3 is 5.97 Å². The fraction of sp³-hybridized carbons (Fsp3) is 0. The summed E-state index contributed by atoms with van der Waals surface area (Å²) in [7, 11) is 0. The van der Waals surface area contributed by atoms with Gasteiger partial charge in [-0.3, -0.25) is 0 Å². The lowest BCUT2D eigenvalue weighted by atomic mass is 10.1. The van der Waals surface area contributed by atoms with Crippen molar-refractivity contribution < 1.29 is 14.3 Å². The zero-order valence-corrected chi connectivity index (χ0v) is 11.0. The molecule has 2 aromatic carbocycles. The largest absolute Gasteiger partial charge is 0.478 e. The SMILES string of the molecule is O=C(O)c1cc(Cl)ccc1Nc1cc(F)ccc1Cl. The average molecular weight is 300 g/mol. The van der Waals surface area contributed by atoms with E-state index < -0.39 is 11.8 Å². The zero-order chi connectivity index (χ0) is 14.0. The molecule has 0 bridgehead atoms. The monoisotopic (exact) mass is 299 g/mol. The molecule has 0 aromatic heterocycles. The number of anilines is 2. The van der Waals surface area contributed by atoms with Crippen molar-refractivity contribution in [2.75, 3.05) is 5.32 Å². The molecule has 0 saturated heterocycles. The summed E-state index contributed by atoms with van der Waals surface area (Å²) in [5, 5.41) is 12.4. The number of rotatable bonds is 3. The van der Waals surface area contributed by atoms with E-state index in [4.69, 9.17) is 28.3 Å². The highest BCUT2D eigenvalue weighted by atomic mass is 35.5. The molecule has 98 valence electrons. The Morgan fingerprint density at radius 3 is 2.53 bits per heavy atom. The van der Waals surface area contributed by atoms with E-state index in [0.717, 1.165) is 0 Å². The number of hydrogen-bond acceptors (Lipinski definition) is 2. The van der Waals surface area contributed by atoms with Crippen LogP contribution in [-0.4, -0.2) is 11.1 Å². The summed E-state index contributed by atoms with van der Waals surface area (Å²) in [5.41, 5.74) is 0.545. The highest BCUT2D eigenvalue weighted by Crippen LogP contribution is 2.29. The number of halogens is 3. The topological polar surface area (TPSA) is 49.3 Å². The molecule has 2 rings (SSSR count). The fourth-order valence-electron chi connectivity index (χ4n) is 1.54. The van der Waals surface area contributed by atoms with E-state index in [-0.39, 0.29) is 22.0 Å². The van der Waals surface area contributed by atoms with Gasteiger partial charge < -0.3 is 10.4 Å². The summed E-state index contributed by atoms with van der Waals surface area (Å²) in [6.45, 7) is 0. The number of hydrogen-bond donors (Lipinski definition) is 2. The average Bonchev–Trinajstić information content (AvgIpc) is 2.35.